The summed E-state index contributed by atoms with van der Waals surface area (Å²) in [7, 11) is 0. The van der Waals surface area contributed by atoms with Crippen LogP contribution in [0.5, 0.6) is 0 Å². The lowest BCUT2D eigenvalue weighted by atomic mass is 10.0. The van der Waals surface area contributed by atoms with Gasteiger partial charge in [0.05, 0.1) is 0 Å². The predicted octanol–water partition coefficient (Wildman–Crippen LogP) is 1.80. The highest BCUT2D eigenvalue weighted by atomic mass is 35.5. The largest absolute Gasteiger partial charge is 0.396 e. The zero-order valence-corrected chi connectivity index (χ0v) is 8.55. The molecule has 0 aliphatic heterocycles. The van der Waals surface area contributed by atoms with Gasteiger partial charge in [-0.2, -0.15) is 0 Å². The average Bonchev–Trinajstić information content (AvgIpc) is 2.05. The van der Waals surface area contributed by atoms with E-state index in [2.05, 4.69) is 6.07 Å². The van der Waals surface area contributed by atoms with E-state index < -0.39 is 0 Å². The Bertz CT molecular complexity index is 252. The van der Waals surface area contributed by atoms with Crippen LogP contribution in [0, 0.1) is 6.92 Å². The third-order valence-corrected chi connectivity index (χ3v) is 1.91. The van der Waals surface area contributed by atoms with Gasteiger partial charge in [0, 0.05) is 12.6 Å². The Morgan fingerprint density at radius 3 is 2.69 bits per heavy atom. The van der Waals surface area contributed by atoms with Gasteiger partial charge >= 0.3 is 0 Å². The Morgan fingerprint density at radius 2 is 2.15 bits per heavy atom. The Hall–Kier alpha value is -0.570. The molecule has 74 valence electrons. The fraction of sp³-hybridized carbons (Fsp3) is 0.400. The summed E-state index contributed by atoms with van der Waals surface area (Å²) < 4.78 is 0. The van der Waals surface area contributed by atoms with E-state index in [1.807, 2.05) is 25.1 Å². The van der Waals surface area contributed by atoms with Gasteiger partial charge < -0.3 is 10.8 Å². The number of hydrogen-bond donors (Lipinski definition) is 2. The molecule has 1 atom stereocenters. The highest BCUT2D eigenvalue weighted by Crippen LogP contribution is 2.14. The Balaban J connectivity index is 0.00000144. The lowest BCUT2D eigenvalue weighted by Gasteiger charge is -2.10. The molecule has 3 N–H and O–H groups in total. The molecule has 0 aromatic heterocycles. The maximum absolute atomic E-state index is 8.69. The lowest BCUT2D eigenvalue weighted by Crippen LogP contribution is -2.11. The molecule has 0 heterocycles. The number of aliphatic hydroxyl groups is 1. The van der Waals surface area contributed by atoms with E-state index >= 15 is 0 Å². The molecule has 0 amide bonds. The molecule has 3 heteroatoms. The van der Waals surface area contributed by atoms with Gasteiger partial charge in [-0.3, -0.25) is 0 Å². The first-order chi connectivity index (χ1) is 5.74. The van der Waals surface area contributed by atoms with Gasteiger partial charge in [-0.05, 0) is 18.9 Å². The van der Waals surface area contributed by atoms with Crippen LogP contribution in [0.4, 0.5) is 0 Å². The summed E-state index contributed by atoms with van der Waals surface area (Å²) in [6.07, 6.45) is 0.628. The summed E-state index contributed by atoms with van der Waals surface area (Å²) in [6.45, 7) is 2.18. The van der Waals surface area contributed by atoms with E-state index in [4.69, 9.17) is 10.8 Å². The smallest absolute Gasteiger partial charge is 0.0449 e. The van der Waals surface area contributed by atoms with Crippen molar-refractivity contribution in [3.8, 4) is 0 Å². The van der Waals surface area contributed by atoms with Crippen molar-refractivity contribution >= 4 is 12.4 Å². The molecule has 2 nitrogen and oxygen atoms in total. The normalized spacial score (nSPS) is 11.9. The van der Waals surface area contributed by atoms with Crippen molar-refractivity contribution < 1.29 is 5.11 Å². The first-order valence-electron chi connectivity index (χ1n) is 4.17. The number of hydrogen-bond acceptors (Lipinski definition) is 2. The molecule has 0 radical (unpaired) electrons. The molecule has 13 heavy (non-hydrogen) atoms. The summed E-state index contributed by atoms with van der Waals surface area (Å²) in [4.78, 5) is 0. The monoisotopic (exact) mass is 201 g/mol. The van der Waals surface area contributed by atoms with Crippen LogP contribution in [-0.2, 0) is 0 Å². The first-order valence-corrected chi connectivity index (χ1v) is 4.17. The van der Waals surface area contributed by atoms with Crippen LogP contribution in [-0.4, -0.2) is 11.7 Å². The van der Waals surface area contributed by atoms with E-state index in [-0.39, 0.29) is 25.1 Å². The molecule has 0 fully saturated rings. The van der Waals surface area contributed by atoms with Crippen LogP contribution in [0.2, 0.25) is 0 Å². The summed E-state index contributed by atoms with van der Waals surface area (Å²) >= 11 is 0. The van der Waals surface area contributed by atoms with E-state index in [9.17, 15) is 0 Å². The zero-order chi connectivity index (χ0) is 8.97. The Morgan fingerprint density at radius 1 is 1.46 bits per heavy atom. The number of nitrogens with two attached hydrogens (primary N) is 1. The van der Waals surface area contributed by atoms with Crippen molar-refractivity contribution in [1.82, 2.24) is 0 Å². The van der Waals surface area contributed by atoms with Gasteiger partial charge in [0.25, 0.3) is 0 Å². The van der Waals surface area contributed by atoms with Crippen LogP contribution in [0.3, 0.4) is 0 Å². The minimum atomic E-state index is -0.0325. The molecular weight excluding hydrogens is 186 g/mol. The van der Waals surface area contributed by atoms with Crippen molar-refractivity contribution in [2.24, 2.45) is 5.73 Å². The fourth-order valence-corrected chi connectivity index (χ4v) is 1.21. The van der Waals surface area contributed by atoms with Gasteiger partial charge in [-0.1, -0.05) is 29.8 Å². The number of aryl methyl sites for hydroxylation is 1. The summed E-state index contributed by atoms with van der Waals surface area (Å²) in [5, 5.41) is 8.69. The van der Waals surface area contributed by atoms with E-state index in [0.717, 1.165) is 5.56 Å². The van der Waals surface area contributed by atoms with Gasteiger partial charge in [-0.15, -0.1) is 12.4 Å². The van der Waals surface area contributed by atoms with Crippen LogP contribution in [0.15, 0.2) is 24.3 Å². The van der Waals surface area contributed by atoms with Crippen molar-refractivity contribution in [3.05, 3.63) is 35.4 Å². The molecule has 0 unspecified atom stereocenters. The van der Waals surface area contributed by atoms with Crippen molar-refractivity contribution in [2.45, 2.75) is 19.4 Å². The summed E-state index contributed by atoms with van der Waals surface area (Å²) in [5.74, 6) is 0. The second kappa shape index (κ2) is 5.97. The van der Waals surface area contributed by atoms with Gasteiger partial charge in [0.1, 0.15) is 0 Å². The predicted molar refractivity (Wildman–Crippen MR) is 57.1 cm³/mol. The number of aliphatic hydroxyl groups excluding tert-OH is 1. The number of rotatable bonds is 3. The second-order valence-corrected chi connectivity index (χ2v) is 3.03. The molecule has 1 rings (SSSR count). The molecule has 1 aromatic rings. The van der Waals surface area contributed by atoms with Crippen LogP contribution < -0.4 is 5.73 Å². The molecule has 0 saturated carbocycles. The number of benzene rings is 1. The molecule has 0 aliphatic rings. The molecule has 0 aliphatic carbocycles. The molecule has 0 bridgehead atoms. The molecular formula is C10H16ClNO. The van der Waals surface area contributed by atoms with E-state index in [1.165, 1.54) is 5.56 Å². The Labute approximate surface area is 85.2 Å². The van der Waals surface area contributed by atoms with E-state index in [0.29, 0.717) is 6.42 Å². The van der Waals surface area contributed by atoms with Crippen LogP contribution in [0.25, 0.3) is 0 Å². The Kier molecular flexibility index (Phi) is 5.71. The summed E-state index contributed by atoms with van der Waals surface area (Å²) in [6, 6.07) is 8.04. The van der Waals surface area contributed by atoms with Crippen LogP contribution in [0.1, 0.15) is 23.6 Å². The topological polar surface area (TPSA) is 46.2 Å². The molecule has 0 saturated heterocycles. The maximum Gasteiger partial charge on any atom is 0.0449 e. The standard InChI is InChI=1S/C10H15NO.ClH/c1-8-3-2-4-9(7-8)10(11)5-6-12;/h2-4,7,10,12H,5-6,11H2,1H3;1H/t10-;/m0./s1. The minimum Gasteiger partial charge on any atom is -0.396 e. The van der Waals surface area contributed by atoms with Gasteiger partial charge in [-0.25, -0.2) is 0 Å². The highest BCUT2D eigenvalue weighted by molar-refractivity contribution is 5.85. The van der Waals surface area contributed by atoms with Gasteiger partial charge in [0.2, 0.25) is 0 Å². The second-order valence-electron chi connectivity index (χ2n) is 3.03. The summed E-state index contributed by atoms with van der Waals surface area (Å²) in [5.41, 5.74) is 8.12. The molecule has 1 aromatic carbocycles. The average molecular weight is 202 g/mol. The quantitative estimate of drug-likeness (QED) is 0.784. The SMILES string of the molecule is Cc1cccc([C@@H](N)CCO)c1.Cl. The molecule has 0 spiro atoms. The number of halogens is 1. The van der Waals surface area contributed by atoms with Crippen molar-refractivity contribution in [1.29, 1.82) is 0 Å². The third kappa shape index (κ3) is 3.77. The highest BCUT2D eigenvalue weighted by Gasteiger charge is 2.03. The van der Waals surface area contributed by atoms with Crippen LogP contribution >= 0.6 is 12.4 Å². The van der Waals surface area contributed by atoms with Crippen molar-refractivity contribution in [2.75, 3.05) is 6.61 Å². The van der Waals surface area contributed by atoms with E-state index in [1.54, 1.807) is 0 Å². The zero-order valence-electron chi connectivity index (χ0n) is 7.73. The third-order valence-electron chi connectivity index (χ3n) is 1.91. The first kappa shape index (κ1) is 12.4. The lowest BCUT2D eigenvalue weighted by molar-refractivity contribution is 0.276. The minimum absolute atomic E-state index is 0. The van der Waals surface area contributed by atoms with Gasteiger partial charge in [0.15, 0.2) is 0 Å². The maximum atomic E-state index is 8.69. The van der Waals surface area contributed by atoms with Crippen molar-refractivity contribution in [3.63, 3.8) is 0 Å². The fourth-order valence-electron chi connectivity index (χ4n) is 1.21.